The zero-order valence-electron chi connectivity index (χ0n) is 12.5. The number of nitrogens with one attached hydrogen (secondary N) is 2. The van der Waals surface area contributed by atoms with Crippen LogP contribution in [0.4, 0.5) is 23.2 Å². The third-order valence-corrected chi connectivity index (χ3v) is 2.98. The van der Waals surface area contributed by atoms with Gasteiger partial charge in [0.2, 0.25) is 0 Å². The summed E-state index contributed by atoms with van der Waals surface area (Å²) in [7, 11) is 0. The van der Waals surface area contributed by atoms with Gasteiger partial charge in [0, 0.05) is 6.54 Å². The second kappa shape index (κ2) is 7.55. The lowest BCUT2D eigenvalue weighted by Crippen LogP contribution is -2.25. The largest absolute Gasteiger partial charge is 0.419 e. The molecular weight excluding hydrogens is 344 g/mol. The average Bonchev–Trinajstić information content (AvgIpc) is 2.58. The van der Waals surface area contributed by atoms with Crippen LogP contribution in [-0.2, 0) is 12.7 Å². The second-order valence-electron chi connectivity index (χ2n) is 4.67. The van der Waals surface area contributed by atoms with Crippen LogP contribution >= 0.6 is 0 Å². The van der Waals surface area contributed by atoms with Crippen LogP contribution in [0.15, 0.2) is 35.8 Å². The van der Waals surface area contributed by atoms with Gasteiger partial charge in [-0.05, 0) is 17.7 Å². The zero-order chi connectivity index (χ0) is 18.4. The molecule has 1 amide bonds. The molecule has 0 aliphatic heterocycles. The summed E-state index contributed by atoms with van der Waals surface area (Å²) >= 11 is 0. The molecule has 0 bridgehead atoms. The molecule has 2 aromatic rings. The van der Waals surface area contributed by atoms with Crippen molar-refractivity contribution in [1.82, 2.24) is 15.3 Å². The first-order chi connectivity index (χ1) is 11.8. The minimum Gasteiger partial charge on any atom is -0.388 e. The molecule has 1 aromatic heterocycles. The van der Waals surface area contributed by atoms with Crippen molar-refractivity contribution < 1.29 is 22.4 Å². The fraction of sp³-hybridized carbons (Fsp3) is 0.143. The van der Waals surface area contributed by atoms with Gasteiger partial charge in [0.25, 0.3) is 5.91 Å². The molecule has 0 aliphatic carbocycles. The maximum atomic E-state index is 13.2. The van der Waals surface area contributed by atoms with E-state index < -0.39 is 23.5 Å². The van der Waals surface area contributed by atoms with Crippen LogP contribution in [0.1, 0.15) is 21.6 Å². The molecular formula is C14H12F4N6O. The number of carbonyl (C=O) groups is 1. The summed E-state index contributed by atoms with van der Waals surface area (Å²) in [6.45, 7) is -0.258. The molecule has 7 nitrogen and oxygen atoms in total. The van der Waals surface area contributed by atoms with Crippen molar-refractivity contribution in [3.05, 3.63) is 53.4 Å². The highest BCUT2D eigenvalue weighted by molar-refractivity contribution is 5.97. The fourth-order valence-corrected chi connectivity index (χ4v) is 1.86. The monoisotopic (exact) mass is 356 g/mol. The van der Waals surface area contributed by atoms with Gasteiger partial charge in [-0.25, -0.2) is 14.4 Å². The van der Waals surface area contributed by atoms with Gasteiger partial charge < -0.3 is 11.1 Å². The molecule has 1 heterocycles. The van der Waals surface area contributed by atoms with Crippen LogP contribution in [0.25, 0.3) is 0 Å². The number of halogens is 4. The van der Waals surface area contributed by atoms with Crippen molar-refractivity contribution in [2.75, 3.05) is 5.43 Å². The van der Waals surface area contributed by atoms with Gasteiger partial charge in [0.1, 0.15) is 24.2 Å². The van der Waals surface area contributed by atoms with Crippen LogP contribution in [-0.4, -0.2) is 22.2 Å². The number of nitrogens with two attached hydrogens (primary N) is 1. The number of hydrogen-bond donors (Lipinski definition) is 3. The van der Waals surface area contributed by atoms with Crippen molar-refractivity contribution in [3.8, 4) is 0 Å². The number of carbonyl (C=O) groups excluding carboxylic acids is 1. The summed E-state index contributed by atoms with van der Waals surface area (Å²) in [4.78, 5) is 19.6. The first-order valence-corrected chi connectivity index (χ1v) is 6.76. The van der Waals surface area contributed by atoms with Gasteiger partial charge in [-0.1, -0.05) is 6.07 Å². The standard InChI is InChI=1S/C14H12F4N6O/c15-10-2-1-8(3-9(10)14(16,17)18)4-21-13(25)12-11(24-23-6-19)5-20-7-22-12/h1-3,5-7,24H,4H2,(H2,19,23)(H,21,25). The van der Waals surface area contributed by atoms with Crippen molar-refractivity contribution in [2.24, 2.45) is 10.8 Å². The van der Waals surface area contributed by atoms with Gasteiger partial charge in [-0.15, -0.1) is 0 Å². The summed E-state index contributed by atoms with van der Waals surface area (Å²) < 4.78 is 51.3. The number of benzene rings is 1. The molecule has 4 N–H and O–H groups in total. The van der Waals surface area contributed by atoms with Crippen molar-refractivity contribution >= 4 is 17.9 Å². The molecule has 25 heavy (non-hydrogen) atoms. The summed E-state index contributed by atoms with van der Waals surface area (Å²) in [5, 5.41) is 5.92. The Kier molecular flexibility index (Phi) is 5.47. The Morgan fingerprint density at radius 2 is 2.12 bits per heavy atom. The lowest BCUT2D eigenvalue weighted by atomic mass is 10.1. The lowest BCUT2D eigenvalue weighted by Gasteiger charge is -2.11. The number of anilines is 1. The summed E-state index contributed by atoms with van der Waals surface area (Å²) in [6.07, 6.45) is -1.49. The number of nitrogens with zero attached hydrogens (tertiary/aromatic N) is 3. The quantitative estimate of drug-likeness (QED) is 0.328. The van der Waals surface area contributed by atoms with E-state index in [-0.39, 0.29) is 23.5 Å². The average molecular weight is 356 g/mol. The van der Waals surface area contributed by atoms with Gasteiger partial charge in [0.05, 0.1) is 11.8 Å². The molecule has 0 aliphatic rings. The number of hydrogen-bond acceptors (Lipinski definition) is 5. The van der Waals surface area contributed by atoms with E-state index in [2.05, 4.69) is 25.8 Å². The van der Waals surface area contributed by atoms with Crippen LogP contribution in [0.3, 0.4) is 0 Å². The van der Waals surface area contributed by atoms with Crippen LogP contribution < -0.4 is 16.5 Å². The zero-order valence-corrected chi connectivity index (χ0v) is 12.5. The van der Waals surface area contributed by atoms with E-state index in [1.165, 1.54) is 6.20 Å². The molecule has 0 unspecified atom stereocenters. The molecule has 0 spiro atoms. The maximum absolute atomic E-state index is 13.2. The van der Waals surface area contributed by atoms with E-state index >= 15 is 0 Å². The topological polar surface area (TPSA) is 105 Å². The second-order valence-corrected chi connectivity index (χ2v) is 4.67. The summed E-state index contributed by atoms with van der Waals surface area (Å²) in [6, 6.07) is 2.47. The van der Waals surface area contributed by atoms with E-state index in [4.69, 9.17) is 5.73 Å². The number of aromatic nitrogens is 2. The van der Waals surface area contributed by atoms with Crippen LogP contribution in [0.2, 0.25) is 0 Å². The van der Waals surface area contributed by atoms with Crippen molar-refractivity contribution in [3.63, 3.8) is 0 Å². The molecule has 0 fully saturated rings. The van der Waals surface area contributed by atoms with Gasteiger partial charge in [0.15, 0.2) is 5.69 Å². The SMILES string of the molecule is N/C=N/Nc1cncnc1C(=O)NCc1ccc(F)c(C(F)(F)F)c1. The molecule has 11 heteroatoms. The predicted octanol–water partition coefficient (Wildman–Crippen LogP) is 1.88. The van der Waals surface area contributed by atoms with E-state index in [1.807, 2.05) is 0 Å². The Morgan fingerprint density at radius 3 is 2.80 bits per heavy atom. The van der Waals surface area contributed by atoms with Crippen LogP contribution in [0, 0.1) is 5.82 Å². The molecule has 2 rings (SSSR count). The Bertz CT molecular complexity index is 793. The minimum absolute atomic E-state index is 0.0746. The molecule has 132 valence electrons. The molecule has 0 radical (unpaired) electrons. The number of amides is 1. The number of rotatable bonds is 5. The van der Waals surface area contributed by atoms with E-state index in [0.717, 1.165) is 18.7 Å². The molecule has 1 aromatic carbocycles. The van der Waals surface area contributed by atoms with Gasteiger partial charge in [-0.2, -0.15) is 18.3 Å². The van der Waals surface area contributed by atoms with Crippen molar-refractivity contribution in [2.45, 2.75) is 12.7 Å². The Hall–Kier alpha value is -3.24. The van der Waals surface area contributed by atoms with Crippen LogP contribution in [0.5, 0.6) is 0 Å². The third-order valence-electron chi connectivity index (χ3n) is 2.98. The predicted molar refractivity (Wildman–Crippen MR) is 80.9 cm³/mol. The smallest absolute Gasteiger partial charge is 0.388 e. The Labute approximate surface area is 139 Å². The van der Waals surface area contributed by atoms with E-state index in [0.29, 0.717) is 12.1 Å². The highest BCUT2D eigenvalue weighted by Gasteiger charge is 2.34. The first-order valence-electron chi connectivity index (χ1n) is 6.76. The summed E-state index contributed by atoms with van der Waals surface area (Å²) in [5.41, 5.74) is 6.26. The first kappa shape index (κ1) is 18.1. The number of alkyl halides is 3. The Balaban J connectivity index is 2.13. The summed E-state index contributed by atoms with van der Waals surface area (Å²) in [5.74, 6) is -2.07. The highest BCUT2D eigenvalue weighted by atomic mass is 19.4. The van der Waals surface area contributed by atoms with Crippen molar-refractivity contribution in [1.29, 1.82) is 0 Å². The minimum atomic E-state index is -4.83. The van der Waals surface area contributed by atoms with Gasteiger partial charge in [-0.3, -0.25) is 10.2 Å². The molecule has 0 atom stereocenters. The third kappa shape index (κ3) is 4.62. The highest BCUT2D eigenvalue weighted by Crippen LogP contribution is 2.31. The molecule has 0 saturated carbocycles. The number of hydrazone groups is 1. The molecule has 0 saturated heterocycles. The maximum Gasteiger partial charge on any atom is 0.419 e. The lowest BCUT2D eigenvalue weighted by molar-refractivity contribution is -0.140. The van der Waals surface area contributed by atoms with Gasteiger partial charge >= 0.3 is 6.18 Å². The Morgan fingerprint density at radius 1 is 1.36 bits per heavy atom. The van der Waals surface area contributed by atoms with E-state index in [1.54, 1.807) is 0 Å². The fourth-order valence-electron chi connectivity index (χ4n) is 1.86. The normalized spacial score (nSPS) is 11.5. The van der Waals surface area contributed by atoms with E-state index in [9.17, 15) is 22.4 Å².